The summed E-state index contributed by atoms with van der Waals surface area (Å²) in [6.07, 6.45) is 0.764. The normalized spacial score (nSPS) is 10.3. The van der Waals surface area contributed by atoms with Crippen LogP contribution in [0.15, 0.2) is 27.8 Å². The van der Waals surface area contributed by atoms with E-state index in [1.54, 1.807) is 18.2 Å². The zero-order valence-corrected chi connectivity index (χ0v) is 9.48. The maximum atomic E-state index is 11.1. The molecule has 0 aliphatic heterocycles. The topological polar surface area (TPSA) is 70.9 Å². The monoisotopic (exact) mass is 272 g/mol. The van der Waals surface area contributed by atoms with Crippen LogP contribution in [0.2, 0.25) is 0 Å². The molecule has 0 bridgehead atoms. The van der Waals surface area contributed by atoms with Gasteiger partial charge in [-0.3, -0.25) is 4.79 Å². The number of oxime groups is 1. The van der Waals surface area contributed by atoms with Gasteiger partial charge in [-0.05, 0) is 18.2 Å². The van der Waals surface area contributed by atoms with E-state index < -0.39 is 5.91 Å². The van der Waals surface area contributed by atoms with Crippen molar-refractivity contribution in [2.45, 2.75) is 0 Å². The van der Waals surface area contributed by atoms with Crippen LogP contribution in [-0.2, 0) is 4.79 Å². The van der Waals surface area contributed by atoms with Crippen molar-refractivity contribution in [1.82, 2.24) is 0 Å². The van der Waals surface area contributed by atoms with Gasteiger partial charge in [-0.15, -0.1) is 0 Å². The summed E-state index contributed by atoms with van der Waals surface area (Å²) in [6.45, 7) is 0. The average molecular weight is 273 g/mol. The second-order valence-electron chi connectivity index (χ2n) is 2.58. The molecular weight excluding hydrogens is 264 g/mol. The number of hydrogen-bond donors (Lipinski definition) is 2. The first-order valence-electron chi connectivity index (χ1n) is 3.99. The number of amides is 1. The summed E-state index contributed by atoms with van der Waals surface area (Å²) in [7, 11) is 1.50. The molecule has 1 rings (SSSR count). The van der Waals surface area contributed by atoms with Gasteiger partial charge in [0.1, 0.15) is 12.0 Å². The van der Waals surface area contributed by atoms with Crippen molar-refractivity contribution in [3.8, 4) is 5.75 Å². The molecular formula is C9H9BrN2O3. The number of nitrogens with one attached hydrogen (secondary N) is 1. The lowest BCUT2D eigenvalue weighted by atomic mass is 10.3. The fraction of sp³-hybridized carbons (Fsp3) is 0.111. The number of halogens is 1. The van der Waals surface area contributed by atoms with Crippen LogP contribution in [0.3, 0.4) is 0 Å². The number of anilines is 1. The zero-order chi connectivity index (χ0) is 11.3. The highest BCUT2D eigenvalue weighted by molar-refractivity contribution is 9.10. The van der Waals surface area contributed by atoms with E-state index in [4.69, 9.17) is 9.94 Å². The molecule has 0 aliphatic rings. The standard InChI is InChI=1S/C9H9BrN2O3/c1-15-8-3-2-6(10)4-7(8)12-9(13)5-11-14/h2-5,14H,1H3,(H,12,13)/b11-5+. The predicted octanol–water partition coefficient (Wildman–Crippen LogP) is 1.86. The lowest BCUT2D eigenvalue weighted by molar-refractivity contribution is -0.110. The molecule has 0 fully saturated rings. The quantitative estimate of drug-likeness (QED) is 0.501. The number of methoxy groups -OCH3 is 1. The van der Waals surface area contributed by atoms with Gasteiger partial charge >= 0.3 is 0 Å². The highest BCUT2D eigenvalue weighted by Crippen LogP contribution is 2.27. The van der Waals surface area contributed by atoms with Crippen molar-refractivity contribution in [1.29, 1.82) is 0 Å². The van der Waals surface area contributed by atoms with Gasteiger partial charge < -0.3 is 15.3 Å². The van der Waals surface area contributed by atoms with Gasteiger partial charge in [-0.2, -0.15) is 0 Å². The van der Waals surface area contributed by atoms with Crippen LogP contribution in [0.25, 0.3) is 0 Å². The van der Waals surface area contributed by atoms with Crippen LogP contribution >= 0.6 is 15.9 Å². The molecule has 1 aromatic carbocycles. The number of hydrogen-bond acceptors (Lipinski definition) is 4. The molecule has 0 atom stereocenters. The van der Waals surface area contributed by atoms with Gasteiger partial charge in [0, 0.05) is 4.47 Å². The number of carbonyl (C=O) groups is 1. The van der Waals surface area contributed by atoms with Gasteiger partial charge in [-0.1, -0.05) is 21.1 Å². The van der Waals surface area contributed by atoms with Gasteiger partial charge in [0.2, 0.25) is 0 Å². The van der Waals surface area contributed by atoms with Crippen molar-refractivity contribution in [3.05, 3.63) is 22.7 Å². The molecule has 1 amide bonds. The summed E-state index contributed by atoms with van der Waals surface area (Å²) >= 11 is 3.26. The van der Waals surface area contributed by atoms with Crippen molar-refractivity contribution in [2.24, 2.45) is 5.16 Å². The van der Waals surface area contributed by atoms with E-state index in [0.717, 1.165) is 10.7 Å². The lowest BCUT2D eigenvalue weighted by Gasteiger charge is -2.08. The van der Waals surface area contributed by atoms with E-state index >= 15 is 0 Å². The Hall–Kier alpha value is -1.56. The Morgan fingerprint density at radius 3 is 3.00 bits per heavy atom. The Morgan fingerprint density at radius 2 is 2.40 bits per heavy atom. The molecule has 0 heterocycles. The van der Waals surface area contributed by atoms with E-state index in [0.29, 0.717) is 11.4 Å². The van der Waals surface area contributed by atoms with Crippen LogP contribution in [0.5, 0.6) is 5.75 Å². The summed E-state index contributed by atoms with van der Waals surface area (Å²) in [6, 6.07) is 5.17. The third-order valence-electron chi connectivity index (χ3n) is 1.59. The SMILES string of the molecule is COc1ccc(Br)cc1NC(=O)/C=N/O. The minimum absolute atomic E-state index is 0.497. The summed E-state index contributed by atoms with van der Waals surface area (Å²) in [4.78, 5) is 11.1. The summed E-state index contributed by atoms with van der Waals surface area (Å²) in [5, 5.41) is 13.3. The predicted molar refractivity (Wildman–Crippen MR) is 59.6 cm³/mol. The van der Waals surface area contributed by atoms with Crippen molar-refractivity contribution >= 4 is 33.7 Å². The Labute approximate surface area is 94.9 Å². The Balaban J connectivity index is 2.91. The van der Waals surface area contributed by atoms with Gasteiger partial charge in [0.25, 0.3) is 5.91 Å². The van der Waals surface area contributed by atoms with E-state index in [1.165, 1.54) is 7.11 Å². The van der Waals surface area contributed by atoms with E-state index in [9.17, 15) is 4.79 Å². The smallest absolute Gasteiger partial charge is 0.270 e. The second kappa shape index (κ2) is 5.35. The van der Waals surface area contributed by atoms with Crippen LogP contribution in [0.4, 0.5) is 5.69 Å². The highest BCUT2D eigenvalue weighted by atomic mass is 79.9. The first-order chi connectivity index (χ1) is 7.17. The molecule has 0 unspecified atom stereocenters. The molecule has 2 N–H and O–H groups in total. The maximum Gasteiger partial charge on any atom is 0.270 e. The lowest BCUT2D eigenvalue weighted by Crippen LogP contribution is -2.13. The molecule has 6 heteroatoms. The van der Waals surface area contributed by atoms with Gasteiger partial charge in [-0.25, -0.2) is 0 Å². The minimum Gasteiger partial charge on any atom is -0.495 e. The van der Waals surface area contributed by atoms with E-state index in [2.05, 4.69) is 26.4 Å². The van der Waals surface area contributed by atoms with Crippen molar-refractivity contribution < 1.29 is 14.7 Å². The first-order valence-corrected chi connectivity index (χ1v) is 4.78. The molecule has 80 valence electrons. The molecule has 0 spiro atoms. The molecule has 0 saturated heterocycles. The summed E-state index contributed by atoms with van der Waals surface area (Å²) in [5.41, 5.74) is 0.497. The number of carbonyl (C=O) groups excluding carboxylic acids is 1. The third kappa shape index (κ3) is 3.25. The fourth-order valence-corrected chi connectivity index (χ4v) is 1.36. The molecule has 0 aliphatic carbocycles. The first kappa shape index (κ1) is 11.5. The number of nitrogens with zero attached hydrogens (tertiary/aromatic N) is 1. The summed E-state index contributed by atoms with van der Waals surface area (Å²) in [5.74, 6) is -0.00760. The third-order valence-corrected chi connectivity index (χ3v) is 2.09. The Kier molecular flexibility index (Phi) is 4.11. The van der Waals surface area contributed by atoms with Gasteiger partial charge in [0.05, 0.1) is 12.8 Å². The van der Waals surface area contributed by atoms with E-state index in [-0.39, 0.29) is 0 Å². The molecule has 0 aromatic heterocycles. The highest BCUT2D eigenvalue weighted by Gasteiger charge is 2.06. The second-order valence-corrected chi connectivity index (χ2v) is 3.49. The van der Waals surface area contributed by atoms with Crippen molar-refractivity contribution in [3.63, 3.8) is 0 Å². The largest absolute Gasteiger partial charge is 0.495 e. The van der Waals surface area contributed by atoms with Crippen LogP contribution < -0.4 is 10.1 Å². The van der Waals surface area contributed by atoms with Gasteiger partial charge in [0.15, 0.2) is 0 Å². The minimum atomic E-state index is -0.533. The number of rotatable bonds is 3. The molecule has 1 aromatic rings. The van der Waals surface area contributed by atoms with Crippen LogP contribution in [0, 0.1) is 0 Å². The molecule has 0 radical (unpaired) electrons. The fourth-order valence-electron chi connectivity index (χ4n) is 0.995. The van der Waals surface area contributed by atoms with E-state index in [1.807, 2.05) is 0 Å². The number of ether oxygens (including phenoxy) is 1. The molecule has 5 nitrogen and oxygen atoms in total. The Morgan fingerprint density at radius 1 is 1.67 bits per heavy atom. The maximum absolute atomic E-state index is 11.1. The van der Waals surface area contributed by atoms with Crippen molar-refractivity contribution in [2.75, 3.05) is 12.4 Å². The molecule has 15 heavy (non-hydrogen) atoms. The zero-order valence-electron chi connectivity index (χ0n) is 7.90. The van der Waals surface area contributed by atoms with Crippen LogP contribution in [-0.4, -0.2) is 24.4 Å². The Bertz CT molecular complexity index is 393. The average Bonchev–Trinajstić information content (AvgIpc) is 2.18. The summed E-state index contributed by atoms with van der Waals surface area (Å²) < 4.78 is 5.84. The van der Waals surface area contributed by atoms with Crippen LogP contribution in [0.1, 0.15) is 0 Å². The molecule has 0 saturated carbocycles. The number of benzene rings is 1.